The first-order valence-electron chi connectivity index (χ1n) is 6.47. The van der Waals surface area contributed by atoms with E-state index in [2.05, 4.69) is 17.2 Å². The van der Waals surface area contributed by atoms with E-state index < -0.39 is 0 Å². The van der Waals surface area contributed by atoms with Crippen molar-refractivity contribution >= 4 is 5.69 Å². The summed E-state index contributed by atoms with van der Waals surface area (Å²) < 4.78 is 11.1. The zero-order valence-electron chi connectivity index (χ0n) is 10.8. The second kappa shape index (κ2) is 5.18. The first kappa shape index (κ1) is 11.8. The van der Waals surface area contributed by atoms with Crippen LogP contribution in [-0.2, 0) is 0 Å². The highest BCUT2D eigenvalue weighted by molar-refractivity contribution is 5.67. The van der Waals surface area contributed by atoms with Gasteiger partial charge in [-0.25, -0.2) is 0 Å². The third kappa shape index (κ3) is 2.47. The fraction of sp³-hybridized carbons (Fsp3) is 0.267. The molecule has 4 nitrogen and oxygen atoms in total. The van der Waals surface area contributed by atoms with E-state index in [4.69, 9.17) is 9.47 Å². The lowest BCUT2D eigenvalue weighted by molar-refractivity contribution is 0.171. The van der Waals surface area contributed by atoms with Crippen molar-refractivity contribution in [2.75, 3.05) is 25.1 Å². The summed E-state index contributed by atoms with van der Waals surface area (Å²) in [4.78, 5) is 4.40. The monoisotopic (exact) mass is 256 g/mol. The maximum Gasteiger partial charge on any atom is 0.162 e. The van der Waals surface area contributed by atoms with E-state index in [-0.39, 0.29) is 0 Å². The first-order chi connectivity index (χ1) is 9.36. The number of fused-ring (bicyclic) bond motifs is 1. The lowest BCUT2D eigenvalue weighted by Gasteiger charge is -2.18. The molecule has 2 heterocycles. The fourth-order valence-electron chi connectivity index (χ4n) is 2.11. The van der Waals surface area contributed by atoms with Crippen LogP contribution in [0.4, 0.5) is 5.69 Å². The number of nitrogens with zero attached hydrogens (tertiary/aromatic N) is 1. The molecule has 0 unspecified atom stereocenters. The minimum absolute atomic E-state index is 0.599. The quantitative estimate of drug-likeness (QED) is 0.917. The fourth-order valence-corrected chi connectivity index (χ4v) is 2.11. The van der Waals surface area contributed by atoms with Crippen molar-refractivity contribution in [2.24, 2.45) is 0 Å². The number of hydrogen-bond acceptors (Lipinski definition) is 4. The highest BCUT2D eigenvalue weighted by atomic mass is 16.6. The van der Waals surface area contributed by atoms with Gasteiger partial charge >= 0.3 is 0 Å². The maximum absolute atomic E-state index is 5.59. The van der Waals surface area contributed by atoms with Crippen LogP contribution < -0.4 is 14.8 Å². The molecule has 0 bridgehead atoms. The average Bonchev–Trinajstić information content (AvgIpc) is 2.47. The Bertz CT molecular complexity index is 584. The smallest absolute Gasteiger partial charge is 0.162 e. The minimum atomic E-state index is 0.599. The third-order valence-electron chi connectivity index (χ3n) is 2.98. The molecular weight excluding hydrogens is 240 g/mol. The zero-order valence-corrected chi connectivity index (χ0v) is 10.8. The average molecular weight is 256 g/mol. The number of anilines is 1. The van der Waals surface area contributed by atoms with Crippen molar-refractivity contribution in [2.45, 2.75) is 6.92 Å². The molecule has 0 aliphatic carbocycles. The van der Waals surface area contributed by atoms with Crippen LogP contribution in [0.15, 0.2) is 36.5 Å². The van der Waals surface area contributed by atoms with E-state index in [1.807, 2.05) is 36.5 Å². The van der Waals surface area contributed by atoms with Crippen LogP contribution in [0.25, 0.3) is 11.3 Å². The predicted octanol–water partition coefficient (Wildman–Crippen LogP) is 2.95. The van der Waals surface area contributed by atoms with E-state index in [1.165, 1.54) is 0 Å². The Labute approximate surface area is 112 Å². The first-order valence-corrected chi connectivity index (χ1v) is 6.47. The van der Waals surface area contributed by atoms with Gasteiger partial charge in [0.15, 0.2) is 11.5 Å². The van der Waals surface area contributed by atoms with Gasteiger partial charge < -0.3 is 14.8 Å². The molecule has 1 aliphatic heterocycles. The van der Waals surface area contributed by atoms with Crippen molar-refractivity contribution < 1.29 is 9.47 Å². The van der Waals surface area contributed by atoms with Crippen molar-refractivity contribution in [3.63, 3.8) is 0 Å². The van der Waals surface area contributed by atoms with Crippen LogP contribution in [0.1, 0.15) is 6.92 Å². The van der Waals surface area contributed by atoms with Gasteiger partial charge in [-0.2, -0.15) is 0 Å². The summed E-state index contributed by atoms with van der Waals surface area (Å²) in [5.74, 6) is 1.59. The third-order valence-corrected chi connectivity index (χ3v) is 2.98. The molecule has 4 heteroatoms. The van der Waals surface area contributed by atoms with E-state index in [1.54, 1.807) is 0 Å². The molecule has 1 aromatic carbocycles. The second-order valence-corrected chi connectivity index (χ2v) is 4.32. The maximum atomic E-state index is 5.59. The van der Waals surface area contributed by atoms with Gasteiger partial charge in [0.05, 0.1) is 5.69 Å². The molecule has 0 amide bonds. The summed E-state index contributed by atoms with van der Waals surface area (Å²) in [5, 5.41) is 3.28. The molecule has 1 aromatic heterocycles. The van der Waals surface area contributed by atoms with Crippen LogP contribution in [0, 0.1) is 0 Å². The van der Waals surface area contributed by atoms with Crippen molar-refractivity contribution in [3.05, 3.63) is 36.5 Å². The Morgan fingerprint density at radius 2 is 1.95 bits per heavy atom. The van der Waals surface area contributed by atoms with Gasteiger partial charge in [-0.15, -0.1) is 0 Å². The topological polar surface area (TPSA) is 43.4 Å². The normalized spacial score (nSPS) is 13.1. The molecule has 1 N–H and O–H groups in total. The molecule has 1 aliphatic rings. The predicted molar refractivity (Wildman–Crippen MR) is 74.8 cm³/mol. The summed E-state index contributed by atoms with van der Waals surface area (Å²) in [5.41, 5.74) is 3.03. The standard InChI is InChI=1S/C15H16N2O2/c1-2-16-12-5-6-17-13(10-12)11-3-4-14-15(9-11)19-8-7-18-14/h3-6,9-10H,2,7-8H2,1H3,(H,16,17). The van der Waals surface area contributed by atoms with Crippen molar-refractivity contribution in [1.82, 2.24) is 4.98 Å². The summed E-state index contributed by atoms with van der Waals surface area (Å²) >= 11 is 0. The highest BCUT2D eigenvalue weighted by Crippen LogP contribution is 2.34. The van der Waals surface area contributed by atoms with Crippen LogP contribution in [-0.4, -0.2) is 24.7 Å². The van der Waals surface area contributed by atoms with E-state index >= 15 is 0 Å². The number of pyridine rings is 1. The van der Waals surface area contributed by atoms with Crippen molar-refractivity contribution in [3.8, 4) is 22.8 Å². The zero-order chi connectivity index (χ0) is 13.1. The van der Waals surface area contributed by atoms with E-state index in [9.17, 15) is 0 Å². The minimum Gasteiger partial charge on any atom is -0.486 e. The molecule has 2 aromatic rings. The Morgan fingerprint density at radius 3 is 2.79 bits per heavy atom. The SMILES string of the molecule is CCNc1ccnc(-c2ccc3c(c2)OCCO3)c1. The van der Waals surface area contributed by atoms with Gasteiger partial charge in [0, 0.05) is 24.0 Å². The molecule has 0 saturated heterocycles. The Hall–Kier alpha value is -2.23. The van der Waals surface area contributed by atoms with Crippen LogP contribution in [0.3, 0.4) is 0 Å². The summed E-state index contributed by atoms with van der Waals surface area (Å²) in [6.45, 7) is 4.18. The molecule has 0 saturated carbocycles. The van der Waals surface area contributed by atoms with Crippen LogP contribution >= 0.6 is 0 Å². The molecule has 19 heavy (non-hydrogen) atoms. The molecule has 0 spiro atoms. The van der Waals surface area contributed by atoms with Crippen molar-refractivity contribution in [1.29, 1.82) is 0 Å². The number of aromatic nitrogens is 1. The summed E-state index contributed by atoms with van der Waals surface area (Å²) in [7, 11) is 0. The van der Waals surface area contributed by atoms with Crippen LogP contribution in [0.2, 0.25) is 0 Å². The van der Waals surface area contributed by atoms with E-state index in [0.717, 1.165) is 35.0 Å². The van der Waals surface area contributed by atoms with Crippen LogP contribution in [0.5, 0.6) is 11.5 Å². The van der Waals surface area contributed by atoms with Gasteiger partial charge in [0.1, 0.15) is 13.2 Å². The summed E-state index contributed by atoms with van der Waals surface area (Å²) in [6, 6.07) is 9.92. The van der Waals surface area contributed by atoms with Gasteiger partial charge in [0.2, 0.25) is 0 Å². The van der Waals surface area contributed by atoms with Gasteiger partial charge in [-0.05, 0) is 37.3 Å². The Balaban J connectivity index is 1.95. The number of nitrogens with one attached hydrogen (secondary N) is 1. The van der Waals surface area contributed by atoms with Gasteiger partial charge in [0.25, 0.3) is 0 Å². The Kier molecular flexibility index (Phi) is 3.23. The largest absolute Gasteiger partial charge is 0.486 e. The molecule has 0 fully saturated rings. The number of ether oxygens (including phenoxy) is 2. The summed E-state index contributed by atoms with van der Waals surface area (Å²) in [6.07, 6.45) is 1.81. The van der Waals surface area contributed by atoms with Gasteiger partial charge in [-0.3, -0.25) is 4.98 Å². The lowest BCUT2D eigenvalue weighted by Crippen LogP contribution is -2.15. The Morgan fingerprint density at radius 1 is 1.11 bits per heavy atom. The molecular formula is C15H16N2O2. The second-order valence-electron chi connectivity index (χ2n) is 4.32. The number of hydrogen-bond donors (Lipinski definition) is 1. The molecule has 0 atom stereocenters. The number of benzene rings is 1. The number of rotatable bonds is 3. The lowest BCUT2D eigenvalue weighted by atomic mass is 10.1. The highest BCUT2D eigenvalue weighted by Gasteiger charge is 2.12. The molecule has 3 rings (SSSR count). The van der Waals surface area contributed by atoms with E-state index in [0.29, 0.717) is 13.2 Å². The molecule has 98 valence electrons. The van der Waals surface area contributed by atoms with Gasteiger partial charge in [-0.1, -0.05) is 0 Å². The molecule has 0 radical (unpaired) electrons.